The van der Waals surface area contributed by atoms with Gasteiger partial charge in [-0.2, -0.15) is 23.9 Å². The zero-order valence-corrected chi connectivity index (χ0v) is 8.26. The normalized spacial score (nSPS) is 10.2. The number of nitrogen functional groups attached to an aromatic ring is 1. The van der Waals surface area contributed by atoms with Crippen LogP contribution in [0.4, 0.5) is 5.82 Å². The predicted molar refractivity (Wildman–Crippen MR) is 48.1 cm³/mol. The second-order valence-electron chi connectivity index (χ2n) is 2.35. The lowest BCUT2D eigenvalue weighted by Gasteiger charge is -2.03. The number of hydrogen-bond donors (Lipinski definition) is 2. The summed E-state index contributed by atoms with van der Waals surface area (Å²) in [4.78, 5) is 6.69. The quantitative estimate of drug-likeness (QED) is 0.616. The van der Waals surface area contributed by atoms with Crippen molar-refractivity contribution in [1.82, 2.24) is 9.97 Å². The maximum Gasteiger partial charge on any atom is 0.448 e. The summed E-state index contributed by atoms with van der Waals surface area (Å²) in [5.74, 6) is -1.21. The highest BCUT2D eigenvalue weighted by Gasteiger charge is 2.17. The van der Waals surface area contributed by atoms with Crippen LogP contribution in [-0.4, -0.2) is 22.9 Å². The van der Waals surface area contributed by atoms with Crippen LogP contribution in [0.5, 0.6) is 5.88 Å². The topological polar surface area (TPSA) is 163 Å². The van der Waals surface area contributed by atoms with Crippen molar-refractivity contribution in [3.63, 3.8) is 0 Å². The average molecular weight is 241 g/mol. The molecule has 0 aliphatic carbocycles. The van der Waals surface area contributed by atoms with E-state index in [9.17, 15) is 8.42 Å². The van der Waals surface area contributed by atoms with Crippen LogP contribution in [0.15, 0.2) is 0 Å². The number of nitrogens with two attached hydrogens (primary N) is 1. The molecule has 1 rings (SSSR count). The average Bonchev–Trinajstić information content (AvgIpc) is 2.16. The van der Waals surface area contributed by atoms with E-state index < -0.39 is 27.8 Å². The van der Waals surface area contributed by atoms with Gasteiger partial charge in [-0.15, -0.1) is 0 Å². The largest absolute Gasteiger partial charge is 0.448 e. The second kappa shape index (κ2) is 3.98. The Morgan fingerprint density at radius 1 is 1.25 bits per heavy atom. The van der Waals surface area contributed by atoms with Crippen molar-refractivity contribution in [2.45, 2.75) is 0 Å². The SMILES string of the molecule is N#Cc1nc(C#N)c(OS(=O)(=O)O)nc1N. The molecule has 16 heavy (non-hydrogen) atoms. The van der Waals surface area contributed by atoms with E-state index in [1.54, 1.807) is 6.07 Å². The third-order valence-corrected chi connectivity index (χ3v) is 1.66. The van der Waals surface area contributed by atoms with Crippen molar-refractivity contribution in [3.8, 4) is 18.0 Å². The highest BCUT2D eigenvalue weighted by molar-refractivity contribution is 7.81. The van der Waals surface area contributed by atoms with E-state index in [4.69, 9.17) is 20.8 Å². The van der Waals surface area contributed by atoms with Gasteiger partial charge in [0, 0.05) is 0 Å². The van der Waals surface area contributed by atoms with E-state index >= 15 is 0 Å². The summed E-state index contributed by atoms with van der Waals surface area (Å²) in [7, 11) is -4.84. The lowest BCUT2D eigenvalue weighted by molar-refractivity contribution is 0.380. The number of anilines is 1. The predicted octanol–water partition coefficient (Wildman–Crippen LogP) is -1.02. The molecule has 0 aliphatic rings. The molecule has 1 aromatic heterocycles. The van der Waals surface area contributed by atoms with Crippen molar-refractivity contribution >= 4 is 16.2 Å². The van der Waals surface area contributed by atoms with Gasteiger partial charge in [0.2, 0.25) is 5.69 Å². The summed E-state index contributed by atoms with van der Waals surface area (Å²) >= 11 is 0. The molecule has 0 radical (unpaired) electrons. The van der Waals surface area contributed by atoms with Gasteiger partial charge in [-0.05, 0) is 0 Å². The van der Waals surface area contributed by atoms with Gasteiger partial charge in [0.05, 0.1) is 0 Å². The van der Waals surface area contributed by atoms with Crippen LogP contribution in [-0.2, 0) is 10.4 Å². The smallest absolute Gasteiger partial charge is 0.381 e. The van der Waals surface area contributed by atoms with Crippen molar-refractivity contribution in [1.29, 1.82) is 10.5 Å². The van der Waals surface area contributed by atoms with Crippen LogP contribution in [0.25, 0.3) is 0 Å². The summed E-state index contributed by atoms with van der Waals surface area (Å²) in [6.45, 7) is 0. The fraction of sp³-hybridized carbons (Fsp3) is 0. The van der Waals surface area contributed by atoms with Crippen molar-refractivity contribution in [2.75, 3.05) is 5.73 Å². The zero-order chi connectivity index (χ0) is 12.3. The first-order chi connectivity index (χ1) is 7.37. The van der Waals surface area contributed by atoms with Gasteiger partial charge >= 0.3 is 10.4 Å². The Labute approximate surface area is 89.7 Å². The number of nitrogens with zero attached hydrogens (tertiary/aromatic N) is 4. The standard InChI is InChI=1S/C6H3N5O4S/c7-1-3-5(9)11-6(4(2-8)10-3)15-16(12,13)14/h(H2,9,11)(H,12,13,14). The summed E-state index contributed by atoms with van der Waals surface area (Å²) < 4.78 is 33.1. The minimum Gasteiger partial charge on any atom is -0.381 e. The Morgan fingerprint density at radius 3 is 2.25 bits per heavy atom. The van der Waals surface area contributed by atoms with Gasteiger partial charge in [-0.1, -0.05) is 0 Å². The van der Waals surface area contributed by atoms with E-state index in [2.05, 4.69) is 14.2 Å². The maximum atomic E-state index is 10.4. The third-order valence-electron chi connectivity index (χ3n) is 1.29. The van der Waals surface area contributed by atoms with Crippen LogP contribution in [0.3, 0.4) is 0 Å². The van der Waals surface area contributed by atoms with E-state index in [1.807, 2.05) is 0 Å². The number of rotatable bonds is 2. The molecule has 9 nitrogen and oxygen atoms in total. The molecule has 0 saturated heterocycles. The van der Waals surface area contributed by atoms with Crippen molar-refractivity contribution in [3.05, 3.63) is 11.4 Å². The number of aromatic nitrogens is 2. The highest BCUT2D eigenvalue weighted by atomic mass is 32.3. The Kier molecular flexibility index (Phi) is 2.89. The van der Waals surface area contributed by atoms with Crippen molar-refractivity contribution < 1.29 is 17.2 Å². The first-order valence-electron chi connectivity index (χ1n) is 3.52. The van der Waals surface area contributed by atoms with E-state index in [-0.39, 0.29) is 5.69 Å². The van der Waals surface area contributed by atoms with Gasteiger partial charge < -0.3 is 9.92 Å². The van der Waals surface area contributed by atoms with Gasteiger partial charge in [-0.3, -0.25) is 4.55 Å². The Morgan fingerprint density at radius 2 is 1.81 bits per heavy atom. The molecular weight excluding hydrogens is 238 g/mol. The van der Waals surface area contributed by atoms with Gasteiger partial charge in [0.1, 0.15) is 12.1 Å². The van der Waals surface area contributed by atoms with Gasteiger partial charge in [0.25, 0.3) is 5.88 Å². The summed E-state index contributed by atoms with van der Waals surface area (Å²) in [6.07, 6.45) is 0. The Hall–Kier alpha value is -2.43. The first-order valence-corrected chi connectivity index (χ1v) is 4.88. The van der Waals surface area contributed by atoms with Crippen LogP contribution in [0, 0.1) is 22.7 Å². The molecule has 0 aromatic carbocycles. The summed E-state index contributed by atoms with van der Waals surface area (Å²) in [5, 5.41) is 17.1. The number of nitriles is 2. The summed E-state index contributed by atoms with van der Waals surface area (Å²) in [5.41, 5.74) is 4.28. The second-order valence-corrected chi connectivity index (χ2v) is 3.37. The molecule has 0 fully saturated rings. The molecule has 0 spiro atoms. The lowest BCUT2D eigenvalue weighted by atomic mass is 10.4. The van der Waals surface area contributed by atoms with Crippen molar-refractivity contribution in [2.24, 2.45) is 0 Å². The molecule has 1 aromatic rings. The molecule has 0 saturated carbocycles. The minimum absolute atomic E-state index is 0.348. The van der Waals surface area contributed by atoms with Crippen LogP contribution in [0.2, 0.25) is 0 Å². The van der Waals surface area contributed by atoms with Gasteiger partial charge in [0.15, 0.2) is 11.5 Å². The molecule has 0 amide bonds. The van der Waals surface area contributed by atoms with E-state index in [1.165, 1.54) is 6.07 Å². The molecular formula is C6H3N5O4S. The summed E-state index contributed by atoms with van der Waals surface area (Å²) in [6, 6.07) is 2.98. The first kappa shape index (κ1) is 11.6. The maximum absolute atomic E-state index is 10.4. The molecule has 10 heteroatoms. The van der Waals surface area contributed by atoms with E-state index in [0.717, 1.165) is 0 Å². The van der Waals surface area contributed by atoms with Crippen LogP contribution >= 0.6 is 0 Å². The molecule has 3 N–H and O–H groups in total. The van der Waals surface area contributed by atoms with Gasteiger partial charge in [-0.25, -0.2) is 4.98 Å². The fourth-order valence-electron chi connectivity index (χ4n) is 0.745. The Balaban J connectivity index is 3.38. The minimum atomic E-state index is -4.84. The third kappa shape index (κ3) is 2.54. The molecule has 1 heterocycles. The van der Waals surface area contributed by atoms with E-state index in [0.29, 0.717) is 0 Å². The molecule has 0 bridgehead atoms. The highest BCUT2D eigenvalue weighted by Crippen LogP contribution is 2.17. The van der Waals surface area contributed by atoms with Crippen LogP contribution in [0.1, 0.15) is 11.4 Å². The molecule has 0 atom stereocenters. The monoisotopic (exact) mass is 241 g/mol. The Bertz CT molecular complexity index is 611. The zero-order valence-electron chi connectivity index (χ0n) is 7.45. The molecule has 0 unspecified atom stereocenters. The molecule has 82 valence electrons. The fourth-order valence-corrected chi connectivity index (χ4v) is 1.06. The molecule has 0 aliphatic heterocycles. The lowest BCUT2D eigenvalue weighted by Crippen LogP contribution is -2.12. The number of hydrogen-bond acceptors (Lipinski definition) is 8. The van der Waals surface area contributed by atoms with Crippen LogP contribution < -0.4 is 9.92 Å².